The van der Waals surface area contributed by atoms with Crippen LogP contribution in [0.4, 0.5) is 19.0 Å². The fraction of sp³-hybridized carbons (Fsp3) is 0.100. The molecule has 0 saturated heterocycles. The van der Waals surface area contributed by atoms with Crippen molar-refractivity contribution in [3.63, 3.8) is 0 Å². The summed E-state index contributed by atoms with van der Waals surface area (Å²) >= 11 is 0. The maximum Gasteiger partial charge on any atom is 0.417 e. The van der Waals surface area contributed by atoms with Crippen molar-refractivity contribution in [1.29, 1.82) is 5.26 Å². The van der Waals surface area contributed by atoms with Crippen LogP contribution < -0.4 is 5.73 Å². The van der Waals surface area contributed by atoms with Gasteiger partial charge in [0.25, 0.3) is 0 Å². The first-order valence-electron chi connectivity index (χ1n) is 4.70. The van der Waals surface area contributed by atoms with Crippen molar-refractivity contribution in [2.45, 2.75) is 6.18 Å². The molecule has 8 heteroatoms. The fourth-order valence-electron chi connectivity index (χ4n) is 1.28. The Labute approximate surface area is 99.3 Å². The number of alkyl halides is 3. The molecule has 0 amide bonds. The Kier molecular flexibility index (Phi) is 2.67. The topological polar surface area (TPSA) is 80.5 Å². The summed E-state index contributed by atoms with van der Waals surface area (Å²) in [5, 5.41) is 12.4. The number of nitrogen functional groups attached to an aromatic ring is 1. The lowest BCUT2D eigenvalue weighted by atomic mass is 10.3. The molecule has 0 saturated carbocycles. The molecule has 2 aromatic heterocycles. The van der Waals surface area contributed by atoms with Crippen LogP contribution in [0, 0.1) is 11.3 Å². The zero-order chi connectivity index (χ0) is 13.3. The predicted octanol–water partition coefficient (Wildman–Crippen LogP) is 1.74. The van der Waals surface area contributed by atoms with E-state index in [4.69, 9.17) is 11.0 Å². The van der Waals surface area contributed by atoms with E-state index in [1.165, 1.54) is 6.20 Å². The molecule has 2 aromatic rings. The van der Waals surface area contributed by atoms with Crippen LogP contribution in [0.3, 0.4) is 0 Å². The van der Waals surface area contributed by atoms with Gasteiger partial charge in [0.2, 0.25) is 0 Å². The van der Waals surface area contributed by atoms with E-state index in [0.29, 0.717) is 6.20 Å². The Bertz CT molecular complexity index is 606. The maximum atomic E-state index is 12.3. The van der Waals surface area contributed by atoms with Crippen LogP contribution in [0.1, 0.15) is 11.1 Å². The average Bonchev–Trinajstić information content (AvgIpc) is 2.69. The molecule has 0 unspecified atom stereocenters. The van der Waals surface area contributed by atoms with E-state index in [9.17, 15) is 13.2 Å². The number of halogens is 3. The van der Waals surface area contributed by atoms with Gasteiger partial charge in [0.05, 0.1) is 11.8 Å². The number of nitrogens with zero attached hydrogens (tertiary/aromatic N) is 4. The van der Waals surface area contributed by atoms with Crippen molar-refractivity contribution < 1.29 is 13.2 Å². The lowest BCUT2D eigenvalue weighted by molar-refractivity contribution is -0.137. The smallest absolute Gasteiger partial charge is 0.381 e. The van der Waals surface area contributed by atoms with Crippen LogP contribution in [0.5, 0.6) is 0 Å². The minimum absolute atomic E-state index is 0.000743. The Morgan fingerprint density at radius 1 is 1.33 bits per heavy atom. The number of rotatable bonds is 1. The third-order valence-electron chi connectivity index (χ3n) is 2.17. The van der Waals surface area contributed by atoms with Gasteiger partial charge in [-0.2, -0.15) is 18.4 Å². The molecule has 0 aliphatic carbocycles. The van der Waals surface area contributed by atoms with E-state index in [2.05, 4.69) is 10.1 Å². The lowest BCUT2D eigenvalue weighted by Crippen LogP contribution is -2.07. The first-order valence-corrected chi connectivity index (χ1v) is 4.70. The molecule has 0 spiro atoms. The standard InChI is InChI=1S/C10H6F3N5/c11-10(12,13)7-1-2-8(16-4-7)18-5-6(3-14)9(15)17-18/h1-2,4-5H,(H2,15,17). The van der Waals surface area contributed by atoms with Crippen molar-refractivity contribution in [2.24, 2.45) is 0 Å². The molecule has 0 atom stereocenters. The molecule has 0 aliphatic heterocycles. The van der Waals surface area contributed by atoms with Crippen LogP contribution in [-0.4, -0.2) is 14.8 Å². The second kappa shape index (κ2) is 4.03. The van der Waals surface area contributed by atoms with Gasteiger partial charge in [-0.3, -0.25) is 0 Å². The van der Waals surface area contributed by atoms with Gasteiger partial charge in [0.15, 0.2) is 11.6 Å². The van der Waals surface area contributed by atoms with Gasteiger partial charge in [-0.15, -0.1) is 5.10 Å². The summed E-state index contributed by atoms with van der Waals surface area (Å²) in [6.45, 7) is 0. The minimum Gasteiger partial charge on any atom is -0.381 e. The normalized spacial score (nSPS) is 11.2. The van der Waals surface area contributed by atoms with E-state index in [1.807, 2.05) is 0 Å². The van der Waals surface area contributed by atoms with Crippen LogP contribution in [-0.2, 0) is 6.18 Å². The zero-order valence-corrected chi connectivity index (χ0v) is 8.81. The first kappa shape index (κ1) is 11.9. The molecule has 2 heterocycles. The van der Waals surface area contributed by atoms with Crippen molar-refractivity contribution >= 4 is 5.82 Å². The van der Waals surface area contributed by atoms with Crippen LogP contribution in [0.25, 0.3) is 5.82 Å². The second-order valence-corrected chi connectivity index (χ2v) is 3.39. The molecular formula is C10H6F3N5. The van der Waals surface area contributed by atoms with Crippen molar-refractivity contribution in [1.82, 2.24) is 14.8 Å². The molecule has 18 heavy (non-hydrogen) atoms. The summed E-state index contributed by atoms with van der Waals surface area (Å²) in [5.41, 5.74) is 4.71. The molecule has 5 nitrogen and oxygen atoms in total. The molecule has 2 rings (SSSR count). The third kappa shape index (κ3) is 2.10. The number of nitriles is 1. The molecule has 92 valence electrons. The summed E-state index contributed by atoms with van der Waals surface area (Å²) < 4.78 is 38.1. The number of anilines is 1. The highest BCUT2D eigenvalue weighted by molar-refractivity contribution is 5.48. The molecule has 0 radical (unpaired) electrons. The first-order chi connectivity index (χ1) is 8.41. The predicted molar refractivity (Wildman–Crippen MR) is 55.5 cm³/mol. The molecular weight excluding hydrogens is 247 g/mol. The van der Waals surface area contributed by atoms with Crippen LogP contribution in [0.2, 0.25) is 0 Å². The summed E-state index contributed by atoms with van der Waals surface area (Å²) in [7, 11) is 0. The highest BCUT2D eigenvalue weighted by atomic mass is 19.4. The van der Waals surface area contributed by atoms with E-state index in [0.717, 1.165) is 16.8 Å². The fourth-order valence-corrected chi connectivity index (χ4v) is 1.28. The highest BCUT2D eigenvalue weighted by Crippen LogP contribution is 2.28. The van der Waals surface area contributed by atoms with Crippen LogP contribution >= 0.6 is 0 Å². The second-order valence-electron chi connectivity index (χ2n) is 3.39. The summed E-state index contributed by atoms with van der Waals surface area (Å²) in [5.74, 6) is 0.149. The largest absolute Gasteiger partial charge is 0.417 e. The summed E-state index contributed by atoms with van der Waals surface area (Å²) in [4.78, 5) is 3.62. The molecule has 0 fully saturated rings. The van der Waals surface area contributed by atoms with Crippen LogP contribution in [0.15, 0.2) is 24.5 Å². The Balaban J connectivity index is 2.38. The SMILES string of the molecule is N#Cc1cn(-c2ccc(C(F)(F)F)cn2)nc1N. The van der Waals surface area contributed by atoms with Gasteiger partial charge in [-0.05, 0) is 12.1 Å². The van der Waals surface area contributed by atoms with Crippen molar-refractivity contribution in [3.8, 4) is 11.9 Å². The monoisotopic (exact) mass is 253 g/mol. The molecule has 0 aromatic carbocycles. The van der Waals surface area contributed by atoms with Gasteiger partial charge in [0.1, 0.15) is 11.6 Å². The third-order valence-corrected chi connectivity index (χ3v) is 2.17. The van der Waals surface area contributed by atoms with Gasteiger partial charge < -0.3 is 5.73 Å². The Morgan fingerprint density at radius 2 is 2.06 bits per heavy atom. The maximum absolute atomic E-state index is 12.3. The quantitative estimate of drug-likeness (QED) is 0.839. The van der Waals surface area contributed by atoms with E-state index in [-0.39, 0.29) is 17.2 Å². The van der Waals surface area contributed by atoms with Gasteiger partial charge >= 0.3 is 6.18 Å². The average molecular weight is 253 g/mol. The van der Waals surface area contributed by atoms with Crippen molar-refractivity contribution in [2.75, 3.05) is 5.73 Å². The van der Waals surface area contributed by atoms with Gasteiger partial charge in [-0.1, -0.05) is 0 Å². The highest BCUT2D eigenvalue weighted by Gasteiger charge is 2.30. The van der Waals surface area contributed by atoms with E-state index >= 15 is 0 Å². The molecule has 0 bridgehead atoms. The number of aromatic nitrogens is 3. The Hall–Kier alpha value is -2.56. The Morgan fingerprint density at radius 3 is 2.50 bits per heavy atom. The molecule has 0 aliphatic rings. The minimum atomic E-state index is -4.44. The number of nitrogens with two attached hydrogens (primary N) is 1. The van der Waals surface area contributed by atoms with E-state index in [1.54, 1.807) is 6.07 Å². The summed E-state index contributed by atoms with van der Waals surface area (Å²) in [6.07, 6.45) is -2.45. The van der Waals surface area contributed by atoms with Crippen molar-refractivity contribution in [3.05, 3.63) is 35.7 Å². The number of hydrogen-bond acceptors (Lipinski definition) is 4. The van der Waals surface area contributed by atoms with Gasteiger partial charge in [-0.25, -0.2) is 9.67 Å². The van der Waals surface area contributed by atoms with Gasteiger partial charge in [0, 0.05) is 6.20 Å². The number of pyridine rings is 1. The summed E-state index contributed by atoms with van der Waals surface area (Å²) in [6, 6.07) is 3.84. The molecule has 2 N–H and O–H groups in total. The van der Waals surface area contributed by atoms with E-state index < -0.39 is 11.7 Å². The zero-order valence-electron chi connectivity index (χ0n) is 8.81. The lowest BCUT2D eigenvalue weighted by Gasteiger charge is -2.06. The number of hydrogen-bond donors (Lipinski definition) is 1.